The number of rotatable bonds is 6. The Morgan fingerprint density at radius 3 is 2.30 bits per heavy atom. The summed E-state index contributed by atoms with van der Waals surface area (Å²) in [6.45, 7) is 4.86. The van der Waals surface area contributed by atoms with Crippen molar-refractivity contribution in [2.24, 2.45) is 0 Å². The van der Waals surface area contributed by atoms with E-state index < -0.39 is 10.0 Å². The first-order chi connectivity index (χ1) is 14.2. The summed E-state index contributed by atoms with van der Waals surface area (Å²) >= 11 is 0. The molecule has 9 heteroatoms. The maximum Gasteiger partial charge on any atom is 0.242 e. The lowest BCUT2D eigenvalue weighted by Gasteiger charge is -2.38. The fraction of sp³-hybridized carbons (Fsp3) is 0.381. The normalized spacial score (nSPS) is 16.5. The van der Waals surface area contributed by atoms with Gasteiger partial charge in [0.1, 0.15) is 5.75 Å². The van der Waals surface area contributed by atoms with Crippen LogP contribution in [0.15, 0.2) is 53.4 Å². The van der Waals surface area contributed by atoms with E-state index in [1.54, 1.807) is 24.3 Å². The van der Waals surface area contributed by atoms with Crippen molar-refractivity contribution in [3.63, 3.8) is 0 Å². The number of nitrogens with one attached hydrogen (secondary N) is 1. The van der Waals surface area contributed by atoms with Crippen molar-refractivity contribution < 1.29 is 18.3 Å². The lowest BCUT2D eigenvalue weighted by atomic mass is 10.2. The van der Waals surface area contributed by atoms with Crippen molar-refractivity contribution in [1.29, 1.82) is 0 Å². The number of piperazine rings is 1. The van der Waals surface area contributed by atoms with Crippen LogP contribution in [0.4, 0.5) is 11.4 Å². The SMILES string of the molecule is CC(C(=O)Nc1cccc(S(=O)(=O)N(C)C)c1)N1CCN(c2ccc(O)cc2)CC1. The first-order valence-electron chi connectivity index (χ1n) is 9.80. The van der Waals surface area contributed by atoms with Crippen LogP contribution >= 0.6 is 0 Å². The third-order valence-electron chi connectivity index (χ3n) is 5.34. The van der Waals surface area contributed by atoms with Gasteiger partial charge in [0.15, 0.2) is 0 Å². The number of sulfonamides is 1. The van der Waals surface area contributed by atoms with Crippen molar-refractivity contribution >= 4 is 27.3 Å². The van der Waals surface area contributed by atoms with Crippen LogP contribution in [0.1, 0.15) is 6.92 Å². The molecule has 0 bridgehead atoms. The highest BCUT2D eigenvalue weighted by Crippen LogP contribution is 2.21. The summed E-state index contributed by atoms with van der Waals surface area (Å²) in [4.78, 5) is 17.2. The number of carbonyl (C=O) groups is 1. The molecule has 8 nitrogen and oxygen atoms in total. The maximum atomic E-state index is 12.7. The molecule has 2 aromatic carbocycles. The number of hydrogen-bond donors (Lipinski definition) is 2. The fourth-order valence-corrected chi connectivity index (χ4v) is 4.34. The molecule has 0 aromatic heterocycles. The van der Waals surface area contributed by atoms with E-state index in [0.717, 1.165) is 36.2 Å². The lowest BCUT2D eigenvalue weighted by molar-refractivity contribution is -0.120. The number of phenolic OH excluding ortho intramolecular Hbond substituents is 1. The number of aromatic hydroxyl groups is 1. The molecule has 2 aromatic rings. The summed E-state index contributed by atoms with van der Waals surface area (Å²) in [7, 11) is -0.615. The quantitative estimate of drug-likeness (QED) is 0.723. The van der Waals surface area contributed by atoms with Crippen LogP contribution in [0, 0.1) is 0 Å². The average Bonchev–Trinajstić information content (AvgIpc) is 2.74. The van der Waals surface area contributed by atoms with Gasteiger partial charge in [-0.25, -0.2) is 12.7 Å². The second kappa shape index (κ2) is 9.03. The molecule has 1 amide bonds. The minimum Gasteiger partial charge on any atom is -0.508 e. The highest BCUT2D eigenvalue weighted by Gasteiger charge is 2.26. The summed E-state index contributed by atoms with van der Waals surface area (Å²) in [6, 6.07) is 13.0. The molecule has 1 unspecified atom stereocenters. The van der Waals surface area contributed by atoms with E-state index in [1.807, 2.05) is 19.1 Å². The first kappa shape index (κ1) is 22.1. The first-order valence-corrected chi connectivity index (χ1v) is 11.2. The standard InChI is InChI=1S/C21H28N4O4S/c1-16(24-11-13-25(14-12-24)18-7-9-19(26)10-8-18)21(27)22-17-5-4-6-20(15-17)30(28,29)23(2)3/h4-10,15-16,26H,11-14H2,1-3H3,(H,22,27). The smallest absolute Gasteiger partial charge is 0.242 e. The van der Waals surface area contributed by atoms with Gasteiger partial charge in [-0.15, -0.1) is 0 Å². The van der Waals surface area contributed by atoms with E-state index in [1.165, 1.54) is 26.2 Å². The summed E-state index contributed by atoms with van der Waals surface area (Å²) in [5, 5.41) is 12.3. The predicted octanol–water partition coefficient (Wildman–Crippen LogP) is 1.79. The van der Waals surface area contributed by atoms with Crippen molar-refractivity contribution in [3.05, 3.63) is 48.5 Å². The van der Waals surface area contributed by atoms with Gasteiger partial charge in [0.2, 0.25) is 15.9 Å². The molecule has 1 aliphatic rings. The van der Waals surface area contributed by atoms with E-state index in [9.17, 15) is 18.3 Å². The Hall–Kier alpha value is -2.62. The molecule has 1 saturated heterocycles. The Balaban J connectivity index is 1.60. The molecule has 1 heterocycles. The number of benzene rings is 2. The van der Waals surface area contributed by atoms with Crippen LogP contribution in [-0.2, 0) is 14.8 Å². The number of anilines is 2. The summed E-state index contributed by atoms with van der Waals surface area (Å²) in [5.74, 6) is 0.0672. The Morgan fingerprint density at radius 2 is 1.70 bits per heavy atom. The van der Waals surface area contributed by atoms with Crippen LogP contribution in [0.5, 0.6) is 5.75 Å². The van der Waals surface area contributed by atoms with Gasteiger partial charge >= 0.3 is 0 Å². The van der Waals surface area contributed by atoms with E-state index in [2.05, 4.69) is 15.1 Å². The van der Waals surface area contributed by atoms with Gasteiger partial charge in [-0.05, 0) is 49.4 Å². The average molecular weight is 433 g/mol. The summed E-state index contributed by atoms with van der Waals surface area (Å²) in [6.07, 6.45) is 0. The van der Waals surface area contributed by atoms with Gasteiger partial charge in [-0.1, -0.05) is 6.07 Å². The Bertz CT molecular complexity index is 984. The molecule has 1 aliphatic heterocycles. The number of nitrogens with zero attached hydrogens (tertiary/aromatic N) is 3. The van der Waals surface area contributed by atoms with Gasteiger partial charge in [0, 0.05) is 51.6 Å². The predicted molar refractivity (Wildman–Crippen MR) is 117 cm³/mol. The van der Waals surface area contributed by atoms with Gasteiger partial charge < -0.3 is 15.3 Å². The Labute approximate surface area is 177 Å². The highest BCUT2D eigenvalue weighted by molar-refractivity contribution is 7.89. The largest absolute Gasteiger partial charge is 0.508 e. The molecular formula is C21H28N4O4S. The minimum atomic E-state index is -3.56. The topological polar surface area (TPSA) is 93.2 Å². The van der Waals surface area contributed by atoms with Crippen LogP contribution in [0.2, 0.25) is 0 Å². The van der Waals surface area contributed by atoms with Crippen LogP contribution in [0.25, 0.3) is 0 Å². The van der Waals surface area contributed by atoms with E-state index in [-0.39, 0.29) is 22.6 Å². The third-order valence-corrected chi connectivity index (χ3v) is 7.15. The lowest BCUT2D eigenvalue weighted by Crippen LogP contribution is -2.52. The molecule has 0 spiro atoms. The van der Waals surface area contributed by atoms with Crippen molar-refractivity contribution in [3.8, 4) is 5.75 Å². The zero-order chi connectivity index (χ0) is 21.9. The van der Waals surface area contributed by atoms with Crippen LogP contribution in [0.3, 0.4) is 0 Å². The molecular weight excluding hydrogens is 404 g/mol. The van der Waals surface area contributed by atoms with E-state index in [4.69, 9.17) is 0 Å². The number of carbonyl (C=O) groups excluding carboxylic acids is 1. The van der Waals surface area contributed by atoms with Crippen LogP contribution in [-0.4, -0.2) is 75.0 Å². The number of phenols is 1. The zero-order valence-electron chi connectivity index (χ0n) is 17.4. The fourth-order valence-electron chi connectivity index (χ4n) is 3.39. The Morgan fingerprint density at radius 1 is 1.07 bits per heavy atom. The van der Waals surface area contributed by atoms with Gasteiger partial charge in [-0.2, -0.15) is 0 Å². The number of amides is 1. The highest BCUT2D eigenvalue weighted by atomic mass is 32.2. The van der Waals surface area contributed by atoms with Gasteiger partial charge in [0.05, 0.1) is 10.9 Å². The minimum absolute atomic E-state index is 0.139. The molecule has 1 fully saturated rings. The van der Waals surface area contributed by atoms with Gasteiger partial charge in [0.25, 0.3) is 0 Å². The molecule has 162 valence electrons. The molecule has 0 aliphatic carbocycles. The van der Waals surface area contributed by atoms with E-state index >= 15 is 0 Å². The monoisotopic (exact) mass is 432 g/mol. The second-order valence-corrected chi connectivity index (χ2v) is 9.67. The molecule has 3 rings (SSSR count). The molecule has 0 saturated carbocycles. The third kappa shape index (κ3) is 4.92. The molecule has 1 atom stereocenters. The summed E-state index contributed by atoms with van der Waals surface area (Å²) < 4.78 is 25.8. The van der Waals surface area contributed by atoms with Crippen LogP contribution < -0.4 is 10.2 Å². The molecule has 30 heavy (non-hydrogen) atoms. The molecule has 0 radical (unpaired) electrons. The Kier molecular flexibility index (Phi) is 6.64. The number of hydrogen-bond acceptors (Lipinski definition) is 6. The second-order valence-electron chi connectivity index (χ2n) is 7.52. The zero-order valence-corrected chi connectivity index (χ0v) is 18.3. The van der Waals surface area contributed by atoms with E-state index in [0.29, 0.717) is 5.69 Å². The van der Waals surface area contributed by atoms with Crippen molar-refractivity contribution in [1.82, 2.24) is 9.21 Å². The molecule has 2 N–H and O–H groups in total. The van der Waals surface area contributed by atoms with Crippen molar-refractivity contribution in [2.45, 2.75) is 17.9 Å². The van der Waals surface area contributed by atoms with Crippen molar-refractivity contribution in [2.75, 3.05) is 50.5 Å². The summed E-state index contributed by atoms with van der Waals surface area (Å²) in [5.41, 5.74) is 1.50. The maximum absolute atomic E-state index is 12.7. The van der Waals surface area contributed by atoms with Gasteiger partial charge in [-0.3, -0.25) is 9.69 Å².